The van der Waals surface area contributed by atoms with Crippen LogP contribution >= 0.6 is 0 Å². The Hall–Kier alpha value is -4.01. The van der Waals surface area contributed by atoms with Crippen LogP contribution in [-0.4, -0.2) is 50.1 Å². The van der Waals surface area contributed by atoms with Gasteiger partial charge in [0.25, 0.3) is 5.91 Å². The first kappa shape index (κ1) is 29.5. The lowest BCUT2D eigenvalue weighted by atomic mass is 9.76. The van der Waals surface area contributed by atoms with Crippen molar-refractivity contribution in [1.82, 2.24) is 20.4 Å². The lowest BCUT2D eigenvalue weighted by Gasteiger charge is -2.42. The maximum Gasteiger partial charge on any atom is 0.408 e. The largest absolute Gasteiger partial charge is 0.465 e. The summed E-state index contributed by atoms with van der Waals surface area (Å²) in [6, 6.07) is 16.3. The molecule has 2 N–H and O–H groups in total. The highest BCUT2D eigenvalue weighted by Gasteiger charge is 2.46. The molecule has 2 amide bonds. The standard InChI is InChI=1S/C30H38N4O5/c1-6-18-30(4,5)26(25(35)27(36)31-20(3)21-14-10-8-11-15-21)34(29(37)38)23(7-2)19-24-32-33-28(39-24)22-16-12-9-13-17-22/h8-17,20,23,26H,6-7,18-19H2,1-5H3,(H,31,36)(H,37,38)/t20-,23+,26-/m1/s1. The normalized spacial score (nSPS) is 13.8. The first-order chi connectivity index (χ1) is 18.6. The minimum absolute atomic E-state index is 0.108. The number of benzene rings is 2. The van der Waals surface area contributed by atoms with Gasteiger partial charge in [-0.2, -0.15) is 0 Å². The summed E-state index contributed by atoms with van der Waals surface area (Å²) in [5.74, 6) is -1.01. The van der Waals surface area contributed by atoms with Crippen LogP contribution in [0.1, 0.15) is 71.4 Å². The third-order valence-corrected chi connectivity index (χ3v) is 7.02. The molecule has 0 radical (unpaired) electrons. The molecule has 0 saturated carbocycles. The molecule has 0 aliphatic carbocycles. The number of Topliss-reactive ketones (excluding diaryl/α,β-unsaturated/α-hetero) is 1. The molecule has 0 spiro atoms. The van der Waals surface area contributed by atoms with Crippen molar-refractivity contribution in [3.05, 3.63) is 72.1 Å². The minimum Gasteiger partial charge on any atom is -0.465 e. The fourth-order valence-electron chi connectivity index (χ4n) is 5.01. The van der Waals surface area contributed by atoms with Gasteiger partial charge in [-0.1, -0.05) is 82.6 Å². The maximum absolute atomic E-state index is 13.8. The third-order valence-electron chi connectivity index (χ3n) is 7.02. The Balaban J connectivity index is 1.91. The first-order valence-corrected chi connectivity index (χ1v) is 13.4. The number of nitrogens with zero attached hydrogens (tertiary/aromatic N) is 3. The van der Waals surface area contributed by atoms with Gasteiger partial charge in [-0.15, -0.1) is 10.2 Å². The van der Waals surface area contributed by atoms with E-state index in [4.69, 9.17) is 4.42 Å². The number of rotatable bonds is 13. The second-order valence-electron chi connectivity index (χ2n) is 10.4. The highest BCUT2D eigenvalue weighted by Crippen LogP contribution is 2.34. The van der Waals surface area contributed by atoms with Crippen LogP contribution in [0.4, 0.5) is 4.79 Å². The molecule has 9 heteroatoms. The van der Waals surface area contributed by atoms with Gasteiger partial charge >= 0.3 is 6.09 Å². The number of carbonyl (C=O) groups excluding carboxylic acids is 2. The molecule has 0 bridgehead atoms. The van der Waals surface area contributed by atoms with Crippen molar-refractivity contribution in [3.8, 4) is 11.5 Å². The highest BCUT2D eigenvalue weighted by atomic mass is 16.4. The van der Waals surface area contributed by atoms with E-state index in [1.165, 1.54) is 0 Å². The quantitative estimate of drug-likeness (QED) is 0.270. The molecule has 0 aliphatic rings. The fraction of sp³-hybridized carbons (Fsp3) is 0.433. The molecule has 3 rings (SSSR count). The summed E-state index contributed by atoms with van der Waals surface area (Å²) in [7, 11) is 0. The molecule has 2 aromatic carbocycles. The lowest BCUT2D eigenvalue weighted by Crippen LogP contribution is -2.60. The Morgan fingerprint density at radius 3 is 2.18 bits per heavy atom. The summed E-state index contributed by atoms with van der Waals surface area (Å²) >= 11 is 0. The molecule has 0 unspecified atom stereocenters. The molecular weight excluding hydrogens is 496 g/mol. The van der Waals surface area contributed by atoms with Gasteiger partial charge in [-0.05, 0) is 42.9 Å². The fourth-order valence-corrected chi connectivity index (χ4v) is 5.01. The van der Waals surface area contributed by atoms with E-state index in [0.29, 0.717) is 25.2 Å². The number of amides is 2. The summed E-state index contributed by atoms with van der Waals surface area (Å²) in [5, 5.41) is 21.4. The van der Waals surface area contributed by atoms with Crippen LogP contribution in [-0.2, 0) is 16.0 Å². The molecule has 3 atom stereocenters. The Kier molecular flexibility index (Phi) is 9.98. The van der Waals surface area contributed by atoms with Crippen molar-refractivity contribution >= 4 is 17.8 Å². The Labute approximate surface area is 229 Å². The Bertz CT molecular complexity index is 1240. The van der Waals surface area contributed by atoms with E-state index in [-0.39, 0.29) is 12.3 Å². The second-order valence-corrected chi connectivity index (χ2v) is 10.4. The highest BCUT2D eigenvalue weighted by molar-refractivity contribution is 6.38. The van der Waals surface area contributed by atoms with Crippen LogP contribution in [0.3, 0.4) is 0 Å². The zero-order valence-electron chi connectivity index (χ0n) is 23.3. The van der Waals surface area contributed by atoms with Gasteiger partial charge in [0.1, 0.15) is 6.04 Å². The van der Waals surface area contributed by atoms with Crippen LogP contribution in [0.2, 0.25) is 0 Å². The van der Waals surface area contributed by atoms with Crippen LogP contribution in [0.25, 0.3) is 11.5 Å². The van der Waals surface area contributed by atoms with Gasteiger partial charge in [0.05, 0.1) is 6.04 Å². The van der Waals surface area contributed by atoms with E-state index in [1.807, 2.05) is 88.4 Å². The summed E-state index contributed by atoms with van der Waals surface area (Å²) in [6.45, 7) is 9.25. The van der Waals surface area contributed by atoms with Crippen LogP contribution in [0.15, 0.2) is 65.1 Å². The SMILES string of the molecule is CCCC(C)(C)[C@@H](C(=O)C(=O)N[C@H](C)c1ccccc1)N(C(=O)O)[C@@H](CC)Cc1nnc(-c2ccccc2)o1. The number of carbonyl (C=O) groups is 3. The average Bonchev–Trinajstić information content (AvgIpc) is 3.39. The van der Waals surface area contributed by atoms with Gasteiger partial charge in [-0.3, -0.25) is 14.5 Å². The minimum atomic E-state index is -1.28. The van der Waals surface area contributed by atoms with Gasteiger partial charge in [0, 0.05) is 18.0 Å². The van der Waals surface area contributed by atoms with Gasteiger partial charge in [-0.25, -0.2) is 4.79 Å². The van der Waals surface area contributed by atoms with Crippen molar-refractivity contribution in [2.75, 3.05) is 0 Å². The molecule has 0 saturated heterocycles. The monoisotopic (exact) mass is 534 g/mol. The lowest BCUT2D eigenvalue weighted by molar-refractivity contribution is -0.144. The number of ketones is 1. The van der Waals surface area contributed by atoms with Crippen LogP contribution in [0.5, 0.6) is 0 Å². The summed E-state index contributed by atoms with van der Waals surface area (Å²) < 4.78 is 5.85. The predicted molar refractivity (Wildman–Crippen MR) is 148 cm³/mol. The third kappa shape index (κ3) is 7.31. The van der Waals surface area contributed by atoms with Crippen LogP contribution < -0.4 is 5.32 Å². The molecule has 0 fully saturated rings. The molecule has 9 nitrogen and oxygen atoms in total. The van der Waals surface area contributed by atoms with Crippen molar-refractivity contribution in [2.24, 2.45) is 5.41 Å². The molecule has 39 heavy (non-hydrogen) atoms. The maximum atomic E-state index is 13.8. The van der Waals surface area contributed by atoms with Crippen molar-refractivity contribution in [1.29, 1.82) is 0 Å². The zero-order chi connectivity index (χ0) is 28.6. The van der Waals surface area contributed by atoms with E-state index in [2.05, 4.69) is 15.5 Å². The molecular formula is C30H38N4O5. The average molecular weight is 535 g/mol. The van der Waals surface area contributed by atoms with Gasteiger partial charge in [0.15, 0.2) is 0 Å². The molecule has 1 aromatic heterocycles. The van der Waals surface area contributed by atoms with Crippen molar-refractivity contribution in [3.63, 3.8) is 0 Å². The van der Waals surface area contributed by atoms with E-state index < -0.39 is 41.3 Å². The zero-order valence-corrected chi connectivity index (χ0v) is 23.3. The number of aromatic nitrogens is 2. The Morgan fingerprint density at radius 1 is 1.00 bits per heavy atom. The van der Waals surface area contributed by atoms with Gasteiger partial charge in [0.2, 0.25) is 17.6 Å². The van der Waals surface area contributed by atoms with E-state index >= 15 is 0 Å². The number of hydrogen-bond acceptors (Lipinski definition) is 6. The van der Waals surface area contributed by atoms with Crippen molar-refractivity contribution in [2.45, 2.75) is 78.4 Å². The van der Waals surface area contributed by atoms with Crippen molar-refractivity contribution < 1.29 is 23.9 Å². The summed E-state index contributed by atoms with van der Waals surface area (Å²) in [6.07, 6.45) is 0.466. The predicted octanol–water partition coefficient (Wildman–Crippen LogP) is 5.68. The molecule has 0 aliphatic heterocycles. The first-order valence-electron chi connectivity index (χ1n) is 13.4. The molecule has 3 aromatic rings. The number of carboxylic acid groups (broad SMARTS) is 1. The number of hydrogen-bond donors (Lipinski definition) is 2. The topological polar surface area (TPSA) is 126 Å². The molecule has 208 valence electrons. The number of nitrogens with one attached hydrogen (secondary N) is 1. The van der Waals surface area contributed by atoms with E-state index in [9.17, 15) is 19.5 Å². The van der Waals surface area contributed by atoms with E-state index in [0.717, 1.165) is 16.0 Å². The van der Waals surface area contributed by atoms with Gasteiger partial charge < -0.3 is 14.8 Å². The Morgan fingerprint density at radius 2 is 1.62 bits per heavy atom. The van der Waals surface area contributed by atoms with E-state index in [1.54, 1.807) is 6.92 Å². The molecule has 1 heterocycles. The van der Waals surface area contributed by atoms with Crippen LogP contribution in [0, 0.1) is 5.41 Å². The second kappa shape index (κ2) is 13.2. The summed E-state index contributed by atoms with van der Waals surface area (Å²) in [5.41, 5.74) is 0.783. The smallest absolute Gasteiger partial charge is 0.408 e. The summed E-state index contributed by atoms with van der Waals surface area (Å²) in [4.78, 5) is 40.9.